The molecule has 31 heavy (non-hydrogen) atoms. The molecule has 2 heterocycles. The van der Waals surface area contributed by atoms with Crippen LogP contribution in [0, 0.1) is 12.8 Å². The van der Waals surface area contributed by atoms with Crippen LogP contribution in [0.25, 0.3) is 10.9 Å². The number of nitrogens with zero attached hydrogens (tertiary/aromatic N) is 1. The van der Waals surface area contributed by atoms with E-state index in [0.717, 1.165) is 37.9 Å². The quantitative estimate of drug-likeness (QED) is 0.229. The van der Waals surface area contributed by atoms with Gasteiger partial charge in [-0.05, 0) is 55.0 Å². The normalized spacial score (nSPS) is 10.8. The number of fused-ring (bicyclic) bond motifs is 1. The molecular weight excluding hydrogens is 382 g/mol. The number of aromatic nitrogens is 1. The summed E-state index contributed by atoms with van der Waals surface area (Å²) in [6.07, 6.45) is 8.54. The fourth-order valence-electron chi connectivity index (χ4n) is 3.87. The molecule has 0 atom stereocenters. The maximum Gasteiger partial charge on any atom is 0.120 e. The largest absolute Gasteiger partial charge is 0.469 e. The van der Waals surface area contributed by atoms with E-state index in [0.29, 0.717) is 12.3 Å². The molecular formula is C28H33NO2. The highest BCUT2D eigenvalue weighted by atomic mass is 16.3. The summed E-state index contributed by atoms with van der Waals surface area (Å²) in [6, 6.07) is 21.1. The van der Waals surface area contributed by atoms with Gasteiger partial charge in [-0.2, -0.15) is 0 Å². The average molecular weight is 416 g/mol. The maximum absolute atomic E-state index is 10.5. The first-order valence-electron chi connectivity index (χ1n) is 11.1. The molecule has 0 saturated heterocycles. The Hall–Kier alpha value is -3.07. The third-order valence-electron chi connectivity index (χ3n) is 5.26. The van der Waals surface area contributed by atoms with Gasteiger partial charge in [0.1, 0.15) is 12.0 Å². The Morgan fingerprint density at radius 3 is 2.58 bits per heavy atom. The second kappa shape index (κ2) is 11.4. The van der Waals surface area contributed by atoms with Crippen LogP contribution in [0.3, 0.4) is 0 Å². The van der Waals surface area contributed by atoms with Crippen molar-refractivity contribution in [2.24, 2.45) is 5.92 Å². The number of aldehydes is 1. The van der Waals surface area contributed by atoms with Crippen molar-refractivity contribution < 1.29 is 9.21 Å². The number of benzene rings is 2. The zero-order valence-electron chi connectivity index (χ0n) is 18.9. The summed E-state index contributed by atoms with van der Waals surface area (Å²) in [5.41, 5.74) is 5.22. The van der Waals surface area contributed by atoms with Crippen LogP contribution in [-0.2, 0) is 24.2 Å². The molecule has 0 radical (unpaired) electrons. The summed E-state index contributed by atoms with van der Waals surface area (Å²) in [7, 11) is 0. The van der Waals surface area contributed by atoms with Gasteiger partial charge in [0, 0.05) is 36.5 Å². The Morgan fingerprint density at radius 2 is 1.87 bits per heavy atom. The molecule has 0 N–H and O–H groups in total. The van der Waals surface area contributed by atoms with Crippen molar-refractivity contribution in [3.05, 3.63) is 95.6 Å². The number of hydrogen-bond donors (Lipinski definition) is 0. The Kier molecular flexibility index (Phi) is 8.28. The molecule has 0 amide bonds. The number of rotatable bonds is 8. The molecule has 0 spiro atoms. The van der Waals surface area contributed by atoms with Crippen LogP contribution >= 0.6 is 0 Å². The van der Waals surface area contributed by atoms with Crippen LogP contribution in [-0.4, -0.2) is 10.9 Å². The van der Waals surface area contributed by atoms with Crippen LogP contribution in [0.15, 0.2) is 77.5 Å². The first kappa shape index (κ1) is 22.6. The van der Waals surface area contributed by atoms with E-state index in [1.165, 1.54) is 27.6 Å². The molecule has 0 aliphatic rings. The first-order chi connectivity index (χ1) is 15.1. The maximum atomic E-state index is 10.5. The molecule has 0 saturated carbocycles. The van der Waals surface area contributed by atoms with E-state index < -0.39 is 0 Å². The average Bonchev–Trinajstić information content (AvgIpc) is 3.37. The van der Waals surface area contributed by atoms with Crippen molar-refractivity contribution >= 4 is 17.2 Å². The van der Waals surface area contributed by atoms with Gasteiger partial charge in [-0.25, -0.2) is 0 Å². The molecule has 2 aromatic carbocycles. The van der Waals surface area contributed by atoms with Gasteiger partial charge >= 0.3 is 0 Å². The molecule has 2 aromatic heterocycles. The fraction of sp³-hybridized carbons (Fsp3) is 0.321. The predicted octanol–water partition coefficient (Wildman–Crippen LogP) is 7.00. The Bertz CT molecular complexity index is 1070. The number of hydrogen-bond acceptors (Lipinski definition) is 2. The van der Waals surface area contributed by atoms with Gasteiger partial charge in [0.15, 0.2) is 0 Å². The Morgan fingerprint density at radius 1 is 1.03 bits per heavy atom. The van der Waals surface area contributed by atoms with Crippen molar-refractivity contribution in [2.75, 3.05) is 0 Å². The second-order valence-electron chi connectivity index (χ2n) is 8.52. The lowest BCUT2D eigenvalue weighted by Gasteiger charge is -2.06. The summed E-state index contributed by atoms with van der Waals surface area (Å²) in [4.78, 5) is 10.5. The fourth-order valence-corrected chi connectivity index (χ4v) is 3.87. The van der Waals surface area contributed by atoms with E-state index in [1.54, 1.807) is 6.26 Å². The van der Waals surface area contributed by atoms with Gasteiger partial charge in [0.2, 0.25) is 0 Å². The van der Waals surface area contributed by atoms with Crippen molar-refractivity contribution in [3.63, 3.8) is 0 Å². The molecule has 3 heteroatoms. The zero-order chi connectivity index (χ0) is 22.1. The molecule has 0 aliphatic heterocycles. The third kappa shape index (κ3) is 6.71. The van der Waals surface area contributed by atoms with Gasteiger partial charge < -0.3 is 13.8 Å². The molecule has 4 rings (SSSR count). The molecule has 0 bridgehead atoms. The Balaban J connectivity index is 0.000000254. The van der Waals surface area contributed by atoms with E-state index in [9.17, 15) is 4.79 Å². The van der Waals surface area contributed by atoms with Crippen LogP contribution in [0.1, 0.15) is 49.1 Å². The minimum Gasteiger partial charge on any atom is -0.469 e. The predicted molar refractivity (Wildman–Crippen MR) is 128 cm³/mol. The van der Waals surface area contributed by atoms with Crippen LogP contribution in [0.5, 0.6) is 0 Å². The Labute approximate surface area is 185 Å². The number of carbonyl (C=O) groups excluding carboxylic acids is 1. The van der Waals surface area contributed by atoms with E-state index in [-0.39, 0.29) is 0 Å². The minimum absolute atomic E-state index is 0.636. The number of carbonyl (C=O) groups is 1. The van der Waals surface area contributed by atoms with Crippen molar-refractivity contribution in [3.8, 4) is 0 Å². The van der Waals surface area contributed by atoms with Gasteiger partial charge in [-0.3, -0.25) is 0 Å². The monoisotopic (exact) mass is 415 g/mol. The minimum atomic E-state index is 0.636. The van der Waals surface area contributed by atoms with Crippen LogP contribution < -0.4 is 0 Å². The van der Waals surface area contributed by atoms with E-state index in [4.69, 9.17) is 4.42 Å². The highest BCUT2D eigenvalue weighted by Crippen LogP contribution is 2.24. The lowest BCUT2D eigenvalue weighted by atomic mass is 10.1. The summed E-state index contributed by atoms with van der Waals surface area (Å²) in [5, 5.41) is 1.31. The number of para-hydroxylation sites is 1. The van der Waals surface area contributed by atoms with Gasteiger partial charge in [-0.15, -0.1) is 0 Å². The second-order valence-corrected chi connectivity index (χ2v) is 8.52. The summed E-state index contributed by atoms with van der Waals surface area (Å²) < 4.78 is 7.46. The van der Waals surface area contributed by atoms with Crippen molar-refractivity contribution in [1.29, 1.82) is 0 Å². The van der Waals surface area contributed by atoms with Gasteiger partial charge in [0.05, 0.1) is 6.26 Å². The van der Waals surface area contributed by atoms with Gasteiger partial charge in [0.25, 0.3) is 0 Å². The van der Waals surface area contributed by atoms with E-state index in [1.807, 2.05) is 12.1 Å². The smallest absolute Gasteiger partial charge is 0.120 e. The molecule has 0 aliphatic carbocycles. The highest BCUT2D eigenvalue weighted by Gasteiger charge is 2.08. The number of unbranched alkanes of at least 4 members (excludes halogenated alkanes) is 1. The number of furan rings is 1. The van der Waals surface area contributed by atoms with Crippen molar-refractivity contribution in [1.82, 2.24) is 4.57 Å². The molecule has 0 unspecified atom stereocenters. The first-order valence-corrected chi connectivity index (χ1v) is 11.1. The van der Waals surface area contributed by atoms with Crippen LogP contribution in [0.2, 0.25) is 0 Å². The summed E-state index contributed by atoms with van der Waals surface area (Å²) >= 11 is 0. The molecule has 3 nitrogen and oxygen atoms in total. The van der Waals surface area contributed by atoms with Crippen molar-refractivity contribution in [2.45, 2.75) is 53.0 Å². The summed E-state index contributed by atoms with van der Waals surface area (Å²) in [5.74, 6) is 1.78. The third-order valence-corrected chi connectivity index (χ3v) is 5.26. The zero-order valence-corrected chi connectivity index (χ0v) is 18.9. The summed E-state index contributed by atoms with van der Waals surface area (Å²) in [6.45, 7) is 7.38. The van der Waals surface area contributed by atoms with E-state index in [2.05, 4.69) is 80.1 Å². The lowest BCUT2D eigenvalue weighted by Crippen LogP contribution is -1.98. The van der Waals surface area contributed by atoms with Crippen LogP contribution in [0.4, 0.5) is 0 Å². The lowest BCUT2D eigenvalue weighted by molar-refractivity contribution is -0.107. The standard InChI is InChI=1S/C20H21NO.C8H12O/c1-16-7-6-8-17(13-16)14-21-15-18(9-4-5-12-22)19-10-2-3-11-20(19)21;1-7(2)6-8-4-3-5-9-8/h2-3,6-8,10-13,15H,4-5,9,14H2,1H3;3-5,7H,6H2,1-2H3. The highest BCUT2D eigenvalue weighted by molar-refractivity contribution is 5.84. The molecule has 0 fully saturated rings. The number of aryl methyl sites for hydroxylation is 2. The van der Waals surface area contributed by atoms with Gasteiger partial charge in [-0.1, -0.05) is 61.9 Å². The molecule has 4 aromatic rings. The molecule has 162 valence electrons. The van der Waals surface area contributed by atoms with E-state index >= 15 is 0 Å². The SMILES string of the molecule is CC(C)Cc1ccco1.Cc1cccc(Cn2cc(CCCC=O)c3ccccc32)c1. The topological polar surface area (TPSA) is 35.1 Å².